The fourth-order valence-corrected chi connectivity index (χ4v) is 5.38. The van der Waals surface area contributed by atoms with Crippen LogP contribution in [0.15, 0.2) is 11.1 Å². The molecule has 0 saturated heterocycles. The van der Waals surface area contributed by atoms with Gasteiger partial charge in [-0.2, -0.15) is 0 Å². The number of hydrogen-bond acceptors (Lipinski definition) is 1. The zero-order valence-electron chi connectivity index (χ0n) is 12.2. The zero-order valence-corrected chi connectivity index (χ0v) is 11.2. The molecule has 0 spiro atoms. The molecule has 5 atom stereocenters. The molecule has 0 aromatic carbocycles. The first-order valence-corrected chi connectivity index (χ1v) is 7.91. The lowest BCUT2D eigenvalue weighted by Gasteiger charge is -2.44. The van der Waals surface area contributed by atoms with Gasteiger partial charge in [-0.05, 0) is 62.2 Å². The molecule has 3 saturated carbocycles. The molecule has 3 fully saturated rings. The van der Waals surface area contributed by atoms with Crippen LogP contribution in [0.2, 0.25) is 0 Å². The van der Waals surface area contributed by atoms with Crippen LogP contribution in [0, 0.1) is 23.7 Å². The first kappa shape index (κ1) is 10.2. The number of ketones is 1. The maximum absolute atomic E-state index is 11.7. The minimum atomic E-state index is -0.193. The van der Waals surface area contributed by atoms with Gasteiger partial charge in [-0.25, -0.2) is 0 Å². The highest BCUT2D eigenvalue weighted by atomic mass is 16.1. The van der Waals surface area contributed by atoms with Crippen molar-refractivity contribution in [3.63, 3.8) is 0 Å². The smallest absolute Gasteiger partial charge is 0.133 e. The van der Waals surface area contributed by atoms with Gasteiger partial charge in [0, 0.05) is 14.2 Å². The third-order valence-corrected chi connectivity index (χ3v) is 6.13. The molecule has 4 rings (SSSR count). The lowest BCUT2D eigenvalue weighted by atomic mass is 9.61. The molecule has 1 heteroatoms. The molecule has 5 unspecified atom stereocenters. The van der Waals surface area contributed by atoms with Gasteiger partial charge in [0.15, 0.2) is 0 Å². The molecule has 18 heavy (non-hydrogen) atoms. The van der Waals surface area contributed by atoms with Gasteiger partial charge in [0.25, 0.3) is 0 Å². The molecule has 98 valence electrons. The summed E-state index contributed by atoms with van der Waals surface area (Å²) < 4.78 is 8.36. The van der Waals surface area contributed by atoms with Crippen molar-refractivity contribution < 1.29 is 6.17 Å². The summed E-state index contributed by atoms with van der Waals surface area (Å²) in [5.41, 5.74) is 3.09. The van der Waals surface area contributed by atoms with Gasteiger partial charge in [-0.3, -0.25) is 4.79 Å². The molecule has 0 heterocycles. The van der Waals surface area contributed by atoms with Crippen LogP contribution in [0.5, 0.6) is 0 Å². The summed E-state index contributed by atoms with van der Waals surface area (Å²) in [5, 5.41) is 0. The predicted octanol–water partition coefficient (Wildman–Crippen LogP) is 4.27. The van der Waals surface area contributed by atoms with Crippen LogP contribution in [0.1, 0.15) is 65.6 Å². The second kappa shape index (κ2) is 4.21. The fraction of sp³-hybridized carbons (Fsp3) is 0.824. The summed E-state index contributed by atoms with van der Waals surface area (Å²) in [6, 6.07) is 0. The first-order valence-electron chi connectivity index (χ1n) is 8.48. The van der Waals surface area contributed by atoms with Crippen molar-refractivity contribution in [2.75, 3.05) is 0 Å². The molecule has 0 aromatic heterocycles. The van der Waals surface area contributed by atoms with E-state index in [0.29, 0.717) is 18.1 Å². The van der Waals surface area contributed by atoms with Crippen LogP contribution >= 0.6 is 0 Å². The molecule has 0 radical (unpaired) electrons. The molecule has 4 aliphatic carbocycles. The van der Waals surface area contributed by atoms with E-state index in [1.165, 1.54) is 50.5 Å². The Morgan fingerprint density at radius 1 is 1.00 bits per heavy atom. The third kappa shape index (κ3) is 1.62. The molecular weight excluding hydrogens is 220 g/mol. The molecule has 1 nitrogen and oxygen atoms in total. The minimum absolute atomic E-state index is 0.193. The van der Waals surface area contributed by atoms with Gasteiger partial charge < -0.3 is 0 Å². The topological polar surface area (TPSA) is 17.1 Å². The Bertz CT molecular complexity index is 439. The van der Waals surface area contributed by atoms with Gasteiger partial charge in [0.1, 0.15) is 5.78 Å². The van der Waals surface area contributed by atoms with Gasteiger partial charge in [-0.1, -0.05) is 24.0 Å². The summed E-state index contributed by atoms with van der Waals surface area (Å²) >= 11 is 0. The van der Waals surface area contributed by atoms with Crippen LogP contribution in [0.25, 0.3) is 0 Å². The highest BCUT2D eigenvalue weighted by Gasteiger charge is 2.43. The molecule has 0 aromatic rings. The second-order valence-electron chi connectivity index (χ2n) is 6.91. The van der Waals surface area contributed by atoms with Crippen molar-refractivity contribution >= 4 is 5.78 Å². The number of carbonyl (C=O) groups is 1. The molecule has 0 bridgehead atoms. The molecule has 4 aliphatic rings. The van der Waals surface area contributed by atoms with Gasteiger partial charge in [0.05, 0.1) is 0 Å². The molecule has 0 N–H and O–H groups in total. The largest absolute Gasteiger partial charge is 0.300 e. The summed E-state index contributed by atoms with van der Waals surface area (Å²) in [5.74, 6) is 3.51. The Morgan fingerprint density at radius 2 is 1.94 bits per heavy atom. The van der Waals surface area contributed by atoms with E-state index in [2.05, 4.69) is 0 Å². The number of rotatable bonds is 0. The predicted molar refractivity (Wildman–Crippen MR) is 72.2 cm³/mol. The second-order valence-corrected chi connectivity index (χ2v) is 6.91. The van der Waals surface area contributed by atoms with Crippen molar-refractivity contribution in [3.05, 3.63) is 11.1 Å². The standard InChI is InChI=1S/C17H24O/c18-13-6-9-15-12(10-13)5-8-16-14-3-1-2-11(14)4-7-17(15)16/h11-12,14,16H,1-10H2/i9D. The Morgan fingerprint density at radius 3 is 2.89 bits per heavy atom. The Hall–Kier alpha value is -0.590. The van der Waals surface area contributed by atoms with Crippen molar-refractivity contribution in [3.8, 4) is 0 Å². The van der Waals surface area contributed by atoms with Gasteiger partial charge >= 0.3 is 0 Å². The number of allylic oxidation sites excluding steroid dienone is 2. The Balaban J connectivity index is 1.71. The summed E-state index contributed by atoms with van der Waals surface area (Å²) in [6.45, 7) is 0. The van der Waals surface area contributed by atoms with E-state index in [1.54, 1.807) is 5.57 Å². The summed E-state index contributed by atoms with van der Waals surface area (Å²) in [7, 11) is 0. The maximum atomic E-state index is 11.7. The van der Waals surface area contributed by atoms with E-state index in [1.807, 2.05) is 0 Å². The van der Waals surface area contributed by atoms with Gasteiger partial charge in [0.2, 0.25) is 0 Å². The van der Waals surface area contributed by atoms with Crippen LogP contribution in [-0.4, -0.2) is 5.78 Å². The van der Waals surface area contributed by atoms with Crippen molar-refractivity contribution in [1.29, 1.82) is 0 Å². The number of carbonyl (C=O) groups excluding carboxylic acids is 1. The zero-order chi connectivity index (χ0) is 13.0. The quantitative estimate of drug-likeness (QED) is 0.582. The normalized spacial score (nSPS) is 48.3. The number of fused-ring (bicyclic) bond motifs is 4. The minimum Gasteiger partial charge on any atom is -0.300 e. The first-order chi connectivity index (χ1) is 9.24. The highest BCUT2D eigenvalue weighted by Crippen LogP contribution is 2.54. The van der Waals surface area contributed by atoms with E-state index >= 15 is 0 Å². The van der Waals surface area contributed by atoms with Crippen molar-refractivity contribution in [1.82, 2.24) is 0 Å². The number of Topliss-reactive ketones (excluding diaryl/α,β-unsaturated/α-hetero) is 1. The Kier molecular flexibility index (Phi) is 2.39. The molecule has 0 amide bonds. The van der Waals surface area contributed by atoms with Crippen LogP contribution in [-0.2, 0) is 4.79 Å². The van der Waals surface area contributed by atoms with Crippen molar-refractivity contribution in [2.45, 2.75) is 64.2 Å². The lowest BCUT2D eigenvalue weighted by molar-refractivity contribution is -0.120. The SMILES string of the molecule is [2H]C1CC(=O)CC2CCC3C(=C12)CCC1CCCC13. The average molecular weight is 245 g/mol. The van der Waals surface area contributed by atoms with Crippen LogP contribution in [0.4, 0.5) is 0 Å². The van der Waals surface area contributed by atoms with Crippen LogP contribution < -0.4 is 0 Å². The van der Waals surface area contributed by atoms with E-state index < -0.39 is 0 Å². The highest BCUT2D eigenvalue weighted by molar-refractivity contribution is 5.80. The lowest BCUT2D eigenvalue weighted by Crippen LogP contribution is -2.33. The van der Waals surface area contributed by atoms with E-state index in [0.717, 1.165) is 24.2 Å². The molecule has 0 aliphatic heterocycles. The van der Waals surface area contributed by atoms with E-state index in [-0.39, 0.29) is 6.40 Å². The monoisotopic (exact) mass is 245 g/mol. The van der Waals surface area contributed by atoms with Gasteiger partial charge in [-0.15, -0.1) is 0 Å². The summed E-state index contributed by atoms with van der Waals surface area (Å²) in [6.07, 6.45) is 10.5. The maximum Gasteiger partial charge on any atom is 0.133 e. The molecular formula is C17H24O. The van der Waals surface area contributed by atoms with E-state index in [4.69, 9.17) is 1.37 Å². The van der Waals surface area contributed by atoms with Crippen LogP contribution in [0.3, 0.4) is 0 Å². The average Bonchev–Trinajstić information content (AvgIpc) is 2.85. The van der Waals surface area contributed by atoms with Crippen molar-refractivity contribution in [2.24, 2.45) is 23.7 Å². The Labute approximate surface area is 111 Å². The van der Waals surface area contributed by atoms with E-state index in [9.17, 15) is 4.79 Å². The number of hydrogen-bond donors (Lipinski definition) is 0. The summed E-state index contributed by atoms with van der Waals surface area (Å²) in [4.78, 5) is 11.7. The fourth-order valence-electron chi connectivity index (χ4n) is 5.38. The third-order valence-electron chi connectivity index (χ3n) is 6.13.